The molecule has 0 saturated heterocycles. The molecule has 0 aliphatic heterocycles. The zero-order chi connectivity index (χ0) is 17.9. The minimum absolute atomic E-state index is 0.231. The first-order chi connectivity index (χ1) is 12.7. The Morgan fingerprint density at radius 2 is 1.81 bits per heavy atom. The van der Waals surface area contributed by atoms with E-state index in [1.165, 1.54) is 4.68 Å². The Labute approximate surface area is 147 Å². The largest absolute Gasteiger partial charge is 0.350 e. The van der Waals surface area contributed by atoms with E-state index in [9.17, 15) is 9.59 Å². The van der Waals surface area contributed by atoms with Gasteiger partial charge in [-0.05, 0) is 30.3 Å². The monoisotopic (exact) mass is 346 g/mol. The maximum atomic E-state index is 12.4. The van der Waals surface area contributed by atoms with E-state index in [1.807, 2.05) is 0 Å². The quantitative estimate of drug-likeness (QED) is 0.595. The number of benzene rings is 2. The van der Waals surface area contributed by atoms with Crippen LogP contribution in [-0.2, 0) is 6.54 Å². The minimum atomic E-state index is -0.251. The van der Waals surface area contributed by atoms with E-state index in [1.54, 1.807) is 54.9 Å². The lowest BCUT2D eigenvalue weighted by molar-refractivity contribution is 0.0951. The first-order valence-corrected chi connectivity index (χ1v) is 8.04. The molecular weight excluding hydrogens is 332 g/mol. The molecule has 2 aromatic carbocycles. The summed E-state index contributed by atoms with van der Waals surface area (Å²) in [5.74, 6) is -0.251. The average Bonchev–Trinajstić information content (AvgIpc) is 2.69. The van der Waals surface area contributed by atoms with Gasteiger partial charge in [0, 0.05) is 24.5 Å². The van der Waals surface area contributed by atoms with Gasteiger partial charge in [0.1, 0.15) is 5.52 Å². The number of nitrogens with one attached hydrogen (secondary N) is 1. The van der Waals surface area contributed by atoms with E-state index in [4.69, 9.17) is 0 Å². The first kappa shape index (κ1) is 15.8. The predicted octanol–water partition coefficient (Wildman–Crippen LogP) is 1.16. The van der Waals surface area contributed by atoms with Gasteiger partial charge in [-0.3, -0.25) is 19.6 Å². The third-order valence-corrected chi connectivity index (χ3v) is 3.97. The lowest BCUT2D eigenvalue weighted by Crippen LogP contribution is -2.32. The maximum absolute atomic E-state index is 12.4. The van der Waals surface area contributed by atoms with Crippen LogP contribution in [0.25, 0.3) is 21.9 Å². The van der Waals surface area contributed by atoms with Crippen molar-refractivity contribution < 1.29 is 4.79 Å². The second kappa shape index (κ2) is 6.67. The van der Waals surface area contributed by atoms with Gasteiger partial charge < -0.3 is 5.32 Å². The fourth-order valence-electron chi connectivity index (χ4n) is 2.65. The van der Waals surface area contributed by atoms with Gasteiger partial charge in [0.25, 0.3) is 11.5 Å². The minimum Gasteiger partial charge on any atom is -0.350 e. The van der Waals surface area contributed by atoms with Gasteiger partial charge in [0.15, 0.2) is 0 Å². The molecule has 1 amide bonds. The third kappa shape index (κ3) is 3.00. The molecule has 4 rings (SSSR count). The average molecular weight is 346 g/mol. The van der Waals surface area contributed by atoms with Gasteiger partial charge in [-0.25, -0.2) is 4.68 Å². The molecule has 8 heteroatoms. The molecule has 26 heavy (non-hydrogen) atoms. The van der Waals surface area contributed by atoms with Crippen molar-refractivity contribution in [3.63, 3.8) is 0 Å². The number of hydrogen-bond donors (Lipinski definition) is 1. The Hall–Kier alpha value is -3.68. The number of hydrogen-bond acceptors (Lipinski definition) is 6. The number of fused-ring (bicyclic) bond motifs is 2. The summed E-state index contributed by atoms with van der Waals surface area (Å²) < 4.78 is 1.24. The molecule has 0 spiro atoms. The molecule has 2 aromatic heterocycles. The van der Waals surface area contributed by atoms with Crippen molar-refractivity contribution in [1.82, 2.24) is 30.3 Å². The van der Waals surface area contributed by atoms with Crippen LogP contribution in [0.5, 0.6) is 0 Å². The molecule has 0 bridgehead atoms. The van der Waals surface area contributed by atoms with Crippen LogP contribution in [0, 0.1) is 0 Å². The molecule has 2 heterocycles. The fraction of sp³-hybridized carbons (Fsp3) is 0.111. The number of rotatable bonds is 4. The van der Waals surface area contributed by atoms with Gasteiger partial charge in [-0.15, -0.1) is 5.10 Å². The molecule has 128 valence electrons. The Balaban J connectivity index is 1.46. The molecule has 1 N–H and O–H groups in total. The third-order valence-electron chi connectivity index (χ3n) is 3.97. The van der Waals surface area contributed by atoms with Crippen molar-refractivity contribution in [2.45, 2.75) is 6.54 Å². The van der Waals surface area contributed by atoms with E-state index in [0.29, 0.717) is 22.0 Å². The molecule has 4 aromatic rings. The molecule has 0 saturated carbocycles. The number of amides is 1. The van der Waals surface area contributed by atoms with Crippen LogP contribution in [0.1, 0.15) is 10.4 Å². The molecule has 0 fully saturated rings. The van der Waals surface area contributed by atoms with E-state index in [0.717, 1.165) is 5.52 Å². The summed E-state index contributed by atoms with van der Waals surface area (Å²) in [7, 11) is 0. The zero-order valence-electron chi connectivity index (χ0n) is 13.7. The molecule has 0 unspecified atom stereocenters. The second-order valence-electron chi connectivity index (χ2n) is 5.65. The molecule has 0 atom stereocenters. The lowest BCUT2D eigenvalue weighted by Gasteiger charge is -2.07. The maximum Gasteiger partial charge on any atom is 0.277 e. The highest BCUT2D eigenvalue weighted by molar-refractivity contribution is 5.97. The van der Waals surface area contributed by atoms with Crippen LogP contribution in [0.4, 0.5) is 0 Å². The summed E-state index contributed by atoms with van der Waals surface area (Å²) in [5.41, 5.74) is 2.18. The SMILES string of the molecule is O=C(NCCn1nnc2ccccc2c1=O)c1ccc2nccnc2c1. The topological polar surface area (TPSA) is 103 Å². The Kier molecular flexibility index (Phi) is 4.06. The fourth-order valence-corrected chi connectivity index (χ4v) is 2.65. The van der Waals surface area contributed by atoms with Gasteiger partial charge in [-0.1, -0.05) is 17.3 Å². The lowest BCUT2D eigenvalue weighted by atomic mass is 10.2. The van der Waals surface area contributed by atoms with Crippen molar-refractivity contribution in [1.29, 1.82) is 0 Å². The summed E-state index contributed by atoms with van der Waals surface area (Å²) in [4.78, 5) is 33.0. The summed E-state index contributed by atoms with van der Waals surface area (Å²) in [6.45, 7) is 0.486. The van der Waals surface area contributed by atoms with E-state index in [-0.39, 0.29) is 24.6 Å². The van der Waals surface area contributed by atoms with Crippen LogP contribution in [0.15, 0.2) is 59.7 Å². The summed E-state index contributed by atoms with van der Waals surface area (Å²) in [6.07, 6.45) is 3.18. The zero-order valence-corrected chi connectivity index (χ0v) is 13.7. The van der Waals surface area contributed by atoms with Crippen molar-refractivity contribution in [3.05, 3.63) is 70.8 Å². The summed E-state index contributed by atoms with van der Waals surface area (Å²) in [6, 6.07) is 12.1. The van der Waals surface area contributed by atoms with Gasteiger partial charge >= 0.3 is 0 Å². The first-order valence-electron chi connectivity index (χ1n) is 8.04. The summed E-state index contributed by atoms with van der Waals surface area (Å²) in [5, 5.41) is 11.2. The summed E-state index contributed by atoms with van der Waals surface area (Å²) >= 11 is 0. The van der Waals surface area contributed by atoms with Crippen molar-refractivity contribution in [2.24, 2.45) is 0 Å². The van der Waals surface area contributed by atoms with Crippen molar-refractivity contribution in [2.75, 3.05) is 6.54 Å². The molecular formula is C18H14N6O2. The van der Waals surface area contributed by atoms with E-state index in [2.05, 4.69) is 25.6 Å². The molecule has 0 aliphatic carbocycles. The van der Waals surface area contributed by atoms with Crippen LogP contribution in [0.2, 0.25) is 0 Å². The van der Waals surface area contributed by atoms with Crippen LogP contribution < -0.4 is 10.9 Å². The van der Waals surface area contributed by atoms with Gasteiger partial charge in [0.05, 0.1) is 23.0 Å². The van der Waals surface area contributed by atoms with Crippen LogP contribution >= 0.6 is 0 Å². The van der Waals surface area contributed by atoms with Gasteiger partial charge in [0.2, 0.25) is 0 Å². The van der Waals surface area contributed by atoms with E-state index >= 15 is 0 Å². The van der Waals surface area contributed by atoms with Gasteiger partial charge in [-0.2, -0.15) is 0 Å². The second-order valence-corrected chi connectivity index (χ2v) is 5.65. The highest BCUT2D eigenvalue weighted by Crippen LogP contribution is 2.10. The number of carbonyl (C=O) groups excluding carboxylic acids is 1. The Morgan fingerprint density at radius 1 is 1.00 bits per heavy atom. The highest BCUT2D eigenvalue weighted by atomic mass is 16.2. The number of carbonyl (C=O) groups is 1. The van der Waals surface area contributed by atoms with Crippen LogP contribution in [-0.4, -0.2) is 37.4 Å². The molecule has 8 nitrogen and oxygen atoms in total. The predicted molar refractivity (Wildman–Crippen MR) is 95.7 cm³/mol. The standard InChI is InChI=1S/C18H14N6O2/c25-17(12-5-6-15-16(11-12)20-8-7-19-15)21-9-10-24-18(26)13-3-1-2-4-14(13)22-23-24/h1-8,11H,9-10H2,(H,21,25). The molecule has 0 radical (unpaired) electrons. The smallest absolute Gasteiger partial charge is 0.277 e. The number of aromatic nitrogens is 5. The van der Waals surface area contributed by atoms with Crippen molar-refractivity contribution in [3.8, 4) is 0 Å². The molecule has 0 aliphatic rings. The van der Waals surface area contributed by atoms with E-state index < -0.39 is 0 Å². The van der Waals surface area contributed by atoms with Crippen LogP contribution in [0.3, 0.4) is 0 Å². The highest BCUT2D eigenvalue weighted by Gasteiger charge is 2.08. The number of nitrogens with zero attached hydrogens (tertiary/aromatic N) is 5. The Morgan fingerprint density at radius 3 is 2.69 bits per heavy atom. The Bertz CT molecular complexity index is 1170. The normalized spacial score (nSPS) is 10.9. The van der Waals surface area contributed by atoms with Crippen molar-refractivity contribution >= 4 is 27.8 Å².